The third-order valence-corrected chi connectivity index (χ3v) is 9.09. The molecule has 0 aliphatic carbocycles. The van der Waals surface area contributed by atoms with E-state index in [0.29, 0.717) is 6.54 Å². The molecule has 0 saturated carbocycles. The van der Waals surface area contributed by atoms with Gasteiger partial charge in [-0.15, -0.1) is 11.3 Å². The molecule has 0 atom stereocenters. The van der Waals surface area contributed by atoms with Crippen molar-refractivity contribution in [3.05, 3.63) is 112 Å². The van der Waals surface area contributed by atoms with E-state index < -0.39 is 0 Å². The van der Waals surface area contributed by atoms with Crippen LogP contribution in [0.1, 0.15) is 66.6 Å². The largest absolute Gasteiger partial charge is 0.326 e. The number of thioether (sulfide) groups is 1. The van der Waals surface area contributed by atoms with E-state index in [1.165, 1.54) is 28.5 Å². The average molecular weight is 532 g/mol. The van der Waals surface area contributed by atoms with Crippen LogP contribution < -0.4 is 11.0 Å². The van der Waals surface area contributed by atoms with Crippen molar-refractivity contribution in [3.63, 3.8) is 0 Å². The fraction of sp³-hybridized carbons (Fsp3) is 0.226. The van der Waals surface area contributed by atoms with Gasteiger partial charge in [-0.05, 0) is 58.7 Å². The number of thiophene rings is 1. The number of benzene rings is 2. The molecule has 0 saturated heterocycles. The first-order valence-corrected chi connectivity index (χ1v) is 14.3. The number of hydrogen-bond acceptors (Lipinski definition) is 4. The molecule has 5 heteroatoms. The summed E-state index contributed by atoms with van der Waals surface area (Å²) in [4.78, 5) is 3.75. The van der Waals surface area contributed by atoms with E-state index in [1.807, 2.05) is 30.3 Å². The molecule has 2 N–H and O–H groups in total. The van der Waals surface area contributed by atoms with Gasteiger partial charge in [-0.3, -0.25) is 4.57 Å². The fourth-order valence-electron chi connectivity index (χ4n) is 3.59. The second kappa shape index (κ2) is 12.2. The van der Waals surface area contributed by atoms with Crippen molar-refractivity contribution in [2.45, 2.75) is 46.6 Å². The first kappa shape index (κ1) is 28.1. The zero-order chi connectivity index (χ0) is 26.5. The molecular formula is C31H34NOPS2. The van der Waals surface area contributed by atoms with Crippen molar-refractivity contribution in [1.82, 2.24) is 0 Å². The molecule has 0 aliphatic heterocycles. The van der Waals surface area contributed by atoms with Crippen molar-refractivity contribution >= 4 is 57.8 Å². The molecule has 186 valence electrons. The highest BCUT2D eigenvalue weighted by Gasteiger charge is 2.16. The van der Waals surface area contributed by atoms with Crippen LogP contribution in [-0.2, 0) is 16.5 Å². The summed E-state index contributed by atoms with van der Waals surface area (Å²) >= 11 is 3.12. The fourth-order valence-corrected chi connectivity index (χ4v) is 6.30. The van der Waals surface area contributed by atoms with Crippen molar-refractivity contribution < 1.29 is 4.57 Å². The summed E-state index contributed by atoms with van der Waals surface area (Å²) in [5, 5.41) is 0.755. The summed E-state index contributed by atoms with van der Waals surface area (Å²) in [5.74, 6) is 0. The van der Waals surface area contributed by atoms with E-state index in [2.05, 4.69) is 84.2 Å². The van der Waals surface area contributed by atoms with Gasteiger partial charge in [0.25, 0.3) is 0 Å². The smallest absolute Gasteiger partial charge is 0.193 e. The summed E-state index contributed by atoms with van der Waals surface area (Å²) in [6.07, 6.45) is 4.27. The Morgan fingerprint density at radius 1 is 0.944 bits per heavy atom. The molecular weight excluding hydrogens is 497 g/mol. The van der Waals surface area contributed by atoms with Crippen LogP contribution in [0.2, 0.25) is 0 Å². The molecule has 3 rings (SSSR count). The second-order valence-electron chi connectivity index (χ2n) is 9.79. The first-order chi connectivity index (χ1) is 17.0. The van der Waals surface area contributed by atoms with E-state index >= 15 is 0 Å². The maximum Gasteiger partial charge on any atom is 0.193 e. The lowest BCUT2D eigenvalue weighted by atomic mass is 9.86. The van der Waals surface area contributed by atoms with Gasteiger partial charge >= 0.3 is 0 Å². The molecule has 0 aliphatic rings. The minimum Gasteiger partial charge on any atom is -0.326 e. The maximum absolute atomic E-state index is 11.9. The second-order valence-corrected chi connectivity index (χ2v) is 12.7. The zero-order valence-corrected chi connectivity index (χ0v) is 24.2. The summed E-state index contributed by atoms with van der Waals surface area (Å²) in [6.45, 7) is 19.9. The summed E-state index contributed by atoms with van der Waals surface area (Å²) in [7, 11) is -0.0102. The zero-order valence-electron chi connectivity index (χ0n) is 21.7. The summed E-state index contributed by atoms with van der Waals surface area (Å²) < 4.78 is 11.9. The van der Waals surface area contributed by atoms with Crippen LogP contribution in [-0.4, -0.2) is 0 Å². The van der Waals surface area contributed by atoms with E-state index in [1.54, 1.807) is 11.3 Å². The average Bonchev–Trinajstić information content (AvgIpc) is 3.31. The first-order valence-electron chi connectivity index (χ1n) is 11.8. The number of rotatable bonds is 9. The molecule has 2 aromatic carbocycles. The highest BCUT2D eigenvalue weighted by molar-refractivity contribution is 8.16. The highest BCUT2D eigenvalue weighted by atomic mass is 32.2. The Labute approximate surface area is 225 Å². The third kappa shape index (κ3) is 7.05. The van der Waals surface area contributed by atoms with E-state index in [-0.39, 0.29) is 13.9 Å². The van der Waals surface area contributed by atoms with E-state index in [4.69, 9.17) is 5.73 Å². The van der Waals surface area contributed by atoms with Gasteiger partial charge < -0.3 is 5.73 Å². The van der Waals surface area contributed by atoms with Gasteiger partial charge in [0, 0.05) is 21.2 Å². The van der Waals surface area contributed by atoms with Crippen LogP contribution in [0.25, 0.3) is 21.0 Å². The van der Waals surface area contributed by atoms with Gasteiger partial charge in [-0.25, -0.2) is 0 Å². The lowest BCUT2D eigenvalue weighted by Crippen LogP contribution is -2.10. The van der Waals surface area contributed by atoms with Crippen LogP contribution in [0.5, 0.6) is 0 Å². The molecule has 36 heavy (non-hydrogen) atoms. The molecule has 0 radical (unpaired) electrons. The van der Waals surface area contributed by atoms with E-state index in [9.17, 15) is 4.57 Å². The summed E-state index contributed by atoms with van der Waals surface area (Å²) in [5.41, 5.74) is 12.8. The Kier molecular flexibility index (Phi) is 9.49. The topological polar surface area (TPSA) is 43.1 Å². The van der Waals surface area contributed by atoms with Gasteiger partial charge in [0.05, 0.1) is 10.2 Å². The molecule has 0 fully saturated rings. The van der Waals surface area contributed by atoms with Gasteiger partial charge in [0.1, 0.15) is 0 Å². The highest BCUT2D eigenvalue weighted by Crippen LogP contribution is 2.40. The maximum atomic E-state index is 11.9. The normalized spacial score (nSPS) is 12.7. The van der Waals surface area contributed by atoms with Crippen LogP contribution in [0, 0.1) is 0 Å². The predicted molar refractivity (Wildman–Crippen MR) is 164 cm³/mol. The van der Waals surface area contributed by atoms with Crippen molar-refractivity contribution in [2.24, 2.45) is 5.73 Å². The minimum absolute atomic E-state index is 0.0102. The standard InChI is InChI=1S/C31H34NOPS2/c1-20(25-14-16-27(17-15-25)31(5,6)7)8-9-21(2)29-18-28(34-33)30(36-29)23(4)35-22(3)26-12-10-24(19-32)11-13-26/h8-18H,3-4,19,32H2,1-2,5-7H3/b20-8+,21-9+. The lowest BCUT2D eigenvalue weighted by Gasteiger charge is -2.19. The van der Waals surface area contributed by atoms with Gasteiger partial charge in [0.15, 0.2) is 8.46 Å². The van der Waals surface area contributed by atoms with Crippen molar-refractivity contribution in [3.8, 4) is 0 Å². The quantitative estimate of drug-likeness (QED) is 0.221. The molecule has 0 bridgehead atoms. The van der Waals surface area contributed by atoms with Gasteiger partial charge in [-0.1, -0.05) is 106 Å². The Morgan fingerprint density at radius 3 is 2.08 bits per heavy atom. The van der Waals surface area contributed by atoms with Gasteiger partial charge in [0.2, 0.25) is 0 Å². The Balaban J connectivity index is 1.77. The molecule has 1 aromatic heterocycles. The Morgan fingerprint density at radius 2 is 1.53 bits per heavy atom. The molecule has 3 aromatic rings. The van der Waals surface area contributed by atoms with Crippen LogP contribution in [0.3, 0.4) is 0 Å². The SMILES string of the molecule is C=C(SC(=C)c1sc(/C(C)=C/C=C(\C)c2ccc(C(C)(C)C)cc2)cc1P=O)c1ccc(CN)cc1. The number of allylic oxidation sites excluding steroid dienone is 4. The molecule has 2 nitrogen and oxygen atoms in total. The third-order valence-electron chi connectivity index (χ3n) is 6.00. The van der Waals surface area contributed by atoms with Crippen LogP contribution in [0.15, 0.2) is 79.9 Å². The number of hydrogen-bond donors (Lipinski definition) is 1. The van der Waals surface area contributed by atoms with Crippen molar-refractivity contribution in [1.29, 1.82) is 0 Å². The van der Waals surface area contributed by atoms with Crippen LogP contribution in [0.4, 0.5) is 0 Å². The van der Waals surface area contributed by atoms with Crippen molar-refractivity contribution in [2.75, 3.05) is 0 Å². The predicted octanol–water partition coefficient (Wildman–Crippen LogP) is 9.30. The Bertz CT molecular complexity index is 1320. The van der Waals surface area contributed by atoms with Crippen LogP contribution >= 0.6 is 31.6 Å². The van der Waals surface area contributed by atoms with Gasteiger partial charge in [-0.2, -0.15) is 0 Å². The monoisotopic (exact) mass is 531 g/mol. The molecule has 0 amide bonds. The molecule has 1 heterocycles. The summed E-state index contributed by atoms with van der Waals surface area (Å²) in [6, 6.07) is 18.8. The lowest BCUT2D eigenvalue weighted by molar-refractivity contribution is 0.590. The molecule has 0 spiro atoms. The molecule has 0 unspecified atom stereocenters. The van der Waals surface area contributed by atoms with E-state index in [0.717, 1.165) is 41.6 Å². The Hall–Kier alpha value is -2.49. The number of nitrogens with two attached hydrogens (primary N) is 1. The minimum atomic E-state index is -0.0102.